The lowest BCUT2D eigenvalue weighted by atomic mass is 9.93. The van der Waals surface area contributed by atoms with Crippen molar-refractivity contribution in [1.29, 1.82) is 0 Å². The predicted molar refractivity (Wildman–Crippen MR) is 152 cm³/mol. The number of para-hydroxylation sites is 2. The van der Waals surface area contributed by atoms with Crippen LogP contribution >= 0.6 is 0 Å². The van der Waals surface area contributed by atoms with E-state index in [0.29, 0.717) is 38.9 Å². The maximum atomic E-state index is 12.8. The second-order valence-corrected chi connectivity index (χ2v) is 10.4. The van der Waals surface area contributed by atoms with Crippen LogP contribution in [0.5, 0.6) is 0 Å². The van der Waals surface area contributed by atoms with Gasteiger partial charge in [-0.1, -0.05) is 54.6 Å². The van der Waals surface area contributed by atoms with E-state index < -0.39 is 11.0 Å². The number of nitro benzene ring substituents is 1. The second-order valence-electron chi connectivity index (χ2n) is 10.4. The van der Waals surface area contributed by atoms with Crippen LogP contribution in [-0.4, -0.2) is 54.6 Å². The van der Waals surface area contributed by atoms with E-state index in [9.17, 15) is 24.8 Å². The topological polar surface area (TPSA) is 125 Å². The van der Waals surface area contributed by atoms with E-state index in [-0.39, 0.29) is 23.5 Å². The maximum absolute atomic E-state index is 12.8. The zero-order valence-corrected chi connectivity index (χ0v) is 22.2. The Morgan fingerprint density at radius 2 is 1.68 bits per heavy atom. The summed E-state index contributed by atoms with van der Waals surface area (Å²) in [6, 6.07) is 24.0. The number of nitrogens with one attached hydrogen (secondary N) is 1. The Kier molecular flexibility index (Phi) is 8.26. The molecule has 5 rings (SSSR count). The molecule has 2 unspecified atom stereocenters. The van der Waals surface area contributed by atoms with Crippen molar-refractivity contribution >= 4 is 22.8 Å². The molecule has 4 aromatic rings. The van der Waals surface area contributed by atoms with Crippen LogP contribution in [0.3, 0.4) is 0 Å². The number of fused-ring (bicyclic) bond motifs is 1. The molecular formula is C30H33N5O5. The molecule has 3 aromatic carbocycles. The van der Waals surface area contributed by atoms with Gasteiger partial charge in [-0.25, -0.2) is 9.59 Å². The lowest BCUT2D eigenvalue weighted by Crippen LogP contribution is -2.47. The second kappa shape index (κ2) is 12.2. The summed E-state index contributed by atoms with van der Waals surface area (Å²) in [7, 11) is 0. The molecule has 10 heteroatoms. The first kappa shape index (κ1) is 27.1. The first-order valence-electron chi connectivity index (χ1n) is 13.6. The van der Waals surface area contributed by atoms with Crippen LogP contribution in [0.1, 0.15) is 42.9 Å². The molecule has 0 bridgehead atoms. The Morgan fingerprint density at radius 1 is 1.00 bits per heavy atom. The molecule has 2 N–H and O–H groups in total. The van der Waals surface area contributed by atoms with Crippen molar-refractivity contribution in [2.24, 2.45) is 0 Å². The molecule has 1 fully saturated rings. The number of carbonyl (C=O) groups is 1. The lowest BCUT2D eigenvalue weighted by Gasteiger charge is -2.38. The SMILES string of the molecule is O=C(O)N1CCC(n2c(=O)[nH]c3ccccc32)CC1CCCN(Cc1ccccc1)Cc1ccc([N+](=O)[O-])cc1. The standard InChI is InChI=1S/C30H33N5O5/c36-29-31-27-10-4-5-11-28(27)34(29)26-16-18-33(30(37)38)25(19-26)9-6-17-32(20-22-7-2-1-3-8-22)21-23-12-14-24(15-13-23)35(39)40/h1-5,7-8,10-15,25-26H,6,9,16-21H2,(H,31,36)(H,37,38). The minimum Gasteiger partial charge on any atom is -0.465 e. The Labute approximate surface area is 231 Å². The number of H-pyrrole nitrogens is 1. The number of hydrogen-bond donors (Lipinski definition) is 2. The Bertz CT molecular complexity index is 1520. The van der Waals surface area contributed by atoms with Gasteiger partial charge < -0.3 is 15.0 Å². The highest BCUT2D eigenvalue weighted by atomic mass is 16.6. The van der Waals surface area contributed by atoms with Gasteiger partial charge in [-0.05, 0) is 55.5 Å². The Hall–Kier alpha value is -4.44. The number of aromatic amines is 1. The van der Waals surface area contributed by atoms with Crippen LogP contribution in [-0.2, 0) is 13.1 Å². The number of non-ortho nitro benzene ring substituents is 1. The van der Waals surface area contributed by atoms with Crippen molar-refractivity contribution in [3.05, 3.63) is 111 Å². The van der Waals surface area contributed by atoms with E-state index in [2.05, 4.69) is 22.0 Å². The minimum atomic E-state index is -0.929. The average Bonchev–Trinajstić information content (AvgIpc) is 3.29. The summed E-state index contributed by atoms with van der Waals surface area (Å²) in [6.07, 6.45) is 1.68. The fourth-order valence-corrected chi connectivity index (χ4v) is 5.81. The van der Waals surface area contributed by atoms with Crippen LogP contribution in [0.2, 0.25) is 0 Å². The van der Waals surface area contributed by atoms with Gasteiger partial charge in [-0.3, -0.25) is 19.6 Å². The van der Waals surface area contributed by atoms with Gasteiger partial charge in [0.1, 0.15) is 0 Å². The smallest absolute Gasteiger partial charge is 0.407 e. The van der Waals surface area contributed by atoms with Crippen LogP contribution in [0, 0.1) is 10.1 Å². The van der Waals surface area contributed by atoms with Gasteiger partial charge >= 0.3 is 11.8 Å². The third-order valence-electron chi connectivity index (χ3n) is 7.74. The molecule has 0 saturated carbocycles. The number of piperidine rings is 1. The van der Waals surface area contributed by atoms with Crippen molar-refractivity contribution in [3.63, 3.8) is 0 Å². The number of aromatic nitrogens is 2. The van der Waals surface area contributed by atoms with Gasteiger partial charge in [-0.15, -0.1) is 0 Å². The fraction of sp³-hybridized carbons (Fsp3) is 0.333. The molecular weight excluding hydrogens is 510 g/mol. The zero-order valence-electron chi connectivity index (χ0n) is 22.2. The zero-order chi connectivity index (χ0) is 28.1. The molecule has 1 aliphatic rings. The van der Waals surface area contributed by atoms with Gasteiger partial charge in [0.15, 0.2) is 0 Å². The highest BCUT2D eigenvalue weighted by Gasteiger charge is 2.33. The molecule has 0 aliphatic carbocycles. The largest absolute Gasteiger partial charge is 0.465 e. The summed E-state index contributed by atoms with van der Waals surface area (Å²) in [5, 5.41) is 21.0. The summed E-state index contributed by atoms with van der Waals surface area (Å²) in [5.41, 5.74) is 3.67. The molecule has 2 heterocycles. The summed E-state index contributed by atoms with van der Waals surface area (Å²) in [4.78, 5) is 42.3. The number of imidazole rings is 1. The molecule has 1 saturated heterocycles. The highest BCUT2D eigenvalue weighted by molar-refractivity contribution is 5.75. The quantitative estimate of drug-likeness (QED) is 0.204. The predicted octanol–water partition coefficient (Wildman–Crippen LogP) is 5.40. The van der Waals surface area contributed by atoms with Crippen LogP contribution in [0.25, 0.3) is 11.0 Å². The third kappa shape index (κ3) is 6.23. The molecule has 1 aromatic heterocycles. The average molecular weight is 544 g/mol. The number of rotatable bonds is 10. The van der Waals surface area contributed by atoms with Gasteiger partial charge in [-0.2, -0.15) is 0 Å². The van der Waals surface area contributed by atoms with E-state index in [4.69, 9.17) is 0 Å². The van der Waals surface area contributed by atoms with Crippen molar-refractivity contribution in [3.8, 4) is 0 Å². The van der Waals surface area contributed by atoms with Gasteiger partial charge in [0.2, 0.25) is 0 Å². The first-order chi connectivity index (χ1) is 19.4. The van der Waals surface area contributed by atoms with E-state index in [1.54, 1.807) is 16.7 Å². The molecule has 40 heavy (non-hydrogen) atoms. The molecule has 0 radical (unpaired) electrons. The number of hydrogen-bond acceptors (Lipinski definition) is 5. The monoisotopic (exact) mass is 543 g/mol. The van der Waals surface area contributed by atoms with Gasteiger partial charge in [0, 0.05) is 43.9 Å². The molecule has 208 valence electrons. The first-order valence-corrected chi connectivity index (χ1v) is 13.6. The number of nitro groups is 1. The van der Waals surface area contributed by atoms with Crippen molar-refractivity contribution in [2.75, 3.05) is 13.1 Å². The minimum absolute atomic E-state index is 0.0632. The Morgan fingerprint density at radius 3 is 2.38 bits per heavy atom. The van der Waals surface area contributed by atoms with Crippen molar-refractivity contribution in [2.45, 2.75) is 50.9 Å². The maximum Gasteiger partial charge on any atom is 0.407 e. The van der Waals surface area contributed by atoms with Gasteiger partial charge in [0.05, 0.1) is 16.0 Å². The van der Waals surface area contributed by atoms with Crippen molar-refractivity contribution in [1.82, 2.24) is 19.4 Å². The summed E-state index contributed by atoms with van der Waals surface area (Å²) in [5.74, 6) is 0. The molecule has 10 nitrogen and oxygen atoms in total. The summed E-state index contributed by atoms with van der Waals surface area (Å²) < 4.78 is 1.79. The summed E-state index contributed by atoms with van der Waals surface area (Å²) >= 11 is 0. The van der Waals surface area contributed by atoms with E-state index in [0.717, 1.165) is 35.1 Å². The van der Waals surface area contributed by atoms with E-state index >= 15 is 0 Å². The lowest BCUT2D eigenvalue weighted by molar-refractivity contribution is -0.384. The fourth-order valence-electron chi connectivity index (χ4n) is 5.81. The van der Waals surface area contributed by atoms with Crippen LogP contribution in [0.15, 0.2) is 83.7 Å². The molecule has 1 amide bonds. The van der Waals surface area contributed by atoms with Crippen LogP contribution < -0.4 is 5.69 Å². The van der Waals surface area contributed by atoms with E-state index in [1.165, 1.54) is 17.0 Å². The number of benzene rings is 3. The number of nitrogens with zero attached hydrogens (tertiary/aromatic N) is 4. The van der Waals surface area contributed by atoms with Crippen molar-refractivity contribution < 1.29 is 14.8 Å². The molecule has 0 spiro atoms. The Balaban J connectivity index is 1.29. The van der Waals surface area contributed by atoms with Crippen LogP contribution in [0.4, 0.5) is 10.5 Å². The van der Waals surface area contributed by atoms with Gasteiger partial charge in [0.25, 0.3) is 5.69 Å². The summed E-state index contributed by atoms with van der Waals surface area (Å²) in [6.45, 7) is 2.44. The third-order valence-corrected chi connectivity index (χ3v) is 7.74. The number of amides is 1. The van der Waals surface area contributed by atoms with E-state index in [1.807, 2.05) is 42.5 Å². The number of carboxylic acid groups (broad SMARTS) is 1. The molecule has 1 aliphatic heterocycles. The normalized spacial score (nSPS) is 17.4. The number of likely N-dealkylation sites (tertiary alicyclic amines) is 1. The molecule has 2 atom stereocenters. The highest BCUT2D eigenvalue weighted by Crippen LogP contribution is 2.31.